The van der Waals surface area contributed by atoms with E-state index in [1.165, 1.54) is 11.3 Å². The summed E-state index contributed by atoms with van der Waals surface area (Å²) in [5.74, 6) is 0.435. The molecule has 0 unspecified atom stereocenters. The maximum absolute atomic E-state index is 12.0. The predicted molar refractivity (Wildman–Crippen MR) is 94.3 cm³/mol. The summed E-state index contributed by atoms with van der Waals surface area (Å²) in [6.45, 7) is 7.67. The standard InChI is InChI=1S/C18H27N5O2/c1-4-7-19-18(24)17-9-16(21-25-17)14-6-5-8-23(11-14)12-15-10-20-22(3)13(15)2/h9-10,14H,4-8,11-12H2,1-3H3,(H,19,24)/t14-/m1/s1. The van der Waals surface area contributed by atoms with E-state index in [4.69, 9.17) is 4.52 Å². The molecule has 0 bridgehead atoms. The van der Waals surface area contributed by atoms with E-state index < -0.39 is 0 Å². The number of nitrogens with one attached hydrogen (secondary N) is 1. The number of nitrogens with zero attached hydrogens (tertiary/aromatic N) is 4. The molecular formula is C18H27N5O2. The number of likely N-dealkylation sites (tertiary alicyclic amines) is 1. The number of aromatic nitrogens is 3. The topological polar surface area (TPSA) is 76.2 Å². The molecule has 2 aromatic heterocycles. The van der Waals surface area contributed by atoms with Gasteiger partial charge in [0.25, 0.3) is 5.91 Å². The number of carbonyl (C=O) groups excluding carboxylic acids is 1. The summed E-state index contributed by atoms with van der Waals surface area (Å²) in [4.78, 5) is 14.4. The van der Waals surface area contributed by atoms with Gasteiger partial charge in [-0.1, -0.05) is 12.1 Å². The van der Waals surface area contributed by atoms with Crippen LogP contribution in [0, 0.1) is 6.92 Å². The number of carbonyl (C=O) groups is 1. The van der Waals surface area contributed by atoms with Gasteiger partial charge in [-0.2, -0.15) is 5.10 Å². The minimum absolute atomic E-state index is 0.181. The minimum Gasteiger partial charge on any atom is -0.351 e. The molecule has 0 spiro atoms. The summed E-state index contributed by atoms with van der Waals surface area (Å²) in [6, 6.07) is 1.80. The highest BCUT2D eigenvalue weighted by atomic mass is 16.5. The van der Waals surface area contributed by atoms with Crippen molar-refractivity contribution in [2.75, 3.05) is 19.6 Å². The van der Waals surface area contributed by atoms with E-state index in [0.717, 1.165) is 44.6 Å². The third-order valence-corrected chi connectivity index (χ3v) is 4.94. The monoisotopic (exact) mass is 345 g/mol. The Bertz CT molecular complexity index is 721. The second-order valence-corrected chi connectivity index (χ2v) is 6.83. The van der Waals surface area contributed by atoms with Gasteiger partial charge in [0.05, 0.1) is 11.9 Å². The Balaban J connectivity index is 1.62. The molecule has 7 nitrogen and oxygen atoms in total. The number of piperidine rings is 1. The molecule has 1 amide bonds. The van der Waals surface area contributed by atoms with Gasteiger partial charge in [0.1, 0.15) is 0 Å². The van der Waals surface area contributed by atoms with Crippen molar-refractivity contribution in [2.24, 2.45) is 7.05 Å². The van der Waals surface area contributed by atoms with E-state index in [1.807, 2.05) is 24.9 Å². The van der Waals surface area contributed by atoms with Crippen LogP contribution in [0.2, 0.25) is 0 Å². The van der Waals surface area contributed by atoms with Crippen LogP contribution in [0.1, 0.15) is 59.6 Å². The molecule has 1 atom stereocenters. The van der Waals surface area contributed by atoms with Crippen LogP contribution >= 0.6 is 0 Å². The van der Waals surface area contributed by atoms with Crippen molar-refractivity contribution in [1.29, 1.82) is 0 Å². The van der Waals surface area contributed by atoms with E-state index >= 15 is 0 Å². The molecule has 0 aromatic carbocycles. The lowest BCUT2D eigenvalue weighted by atomic mass is 9.94. The first kappa shape index (κ1) is 17.7. The van der Waals surface area contributed by atoms with Crippen LogP contribution in [0.4, 0.5) is 0 Å². The molecule has 3 heterocycles. The van der Waals surface area contributed by atoms with Gasteiger partial charge in [-0.25, -0.2) is 0 Å². The van der Waals surface area contributed by atoms with Crippen LogP contribution in [0.25, 0.3) is 0 Å². The highest BCUT2D eigenvalue weighted by molar-refractivity contribution is 5.91. The smallest absolute Gasteiger partial charge is 0.289 e. The quantitative estimate of drug-likeness (QED) is 0.869. The van der Waals surface area contributed by atoms with Gasteiger partial charge in [-0.05, 0) is 32.7 Å². The Morgan fingerprint density at radius 1 is 1.48 bits per heavy atom. The molecule has 1 aliphatic rings. The van der Waals surface area contributed by atoms with Gasteiger partial charge in [-0.3, -0.25) is 14.4 Å². The second kappa shape index (κ2) is 7.82. The van der Waals surface area contributed by atoms with Gasteiger partial charge in [0.2, 0.25) is 5.76 Å². The lowest BCUT2D eigenvalue weighted by Crippen LogP contribution is -2.34. The first-order chi connectivity index (χ1) is 12.1. The summed E-state index contributed by atoms with van der Waals surface area (Å²) in [5.41, 5.74) is 3.36. The Morgan fingerprint density at radius 2 is 2.32 bits per heavy atom. The van der Waals surface area contributed by atoms with Crippen molar-refractivity contribution in [1.82, 2.24) is 25.2 Å². The third kappa shape index (κ3) is 4.10. The van der Waals surface area contributed by atoms with Crippen LogP contribution in [-0.4, -0.2) is 45.4 Å². The van der Waals surface area contributed by atoms with Gasteiger partial charge < -0.3 is 9.84 Å². The molecule has 0 saturated carbocycles. The molecule has 1 saturated heterocycles. The molecule has 7 heteroatoms. The van der Waals surface area contributed by atoms with E-state index in [1.54, 1.807) is 6.07 Å². The molecule has 25 heavy (non-hydrogen) atoms. The Kier molecular flexibility index (Phi) is 5.53. The second-order valence-electron chi connectivity index (χ2n) is 6.83. The van der Waals surface area contributed by atoms with Crippen molar-refractivity contribution < 1.29 is 9.32 Å². The van der Waals surface area contributed by atoms with Crippen LogP contribution in [0.5, 0.6) is 0 Å². The van der Waals surface area contributed by atoms with Crippen molar-refractivity contribution >= 4 is 5.91 Å². The molecule has 1 aliphatic heterocycles. The zero-order valence-corrected chi connectivity index (χ0v) is 15.3. The SMILES string of the molecule is CCCNC(=O)c1cc([C@@H]2CCCN(Cc3cnn(C)c3C)C2)no1. The Labute approximate surface area is 148 Å². The molecule has 136 valence electrons. The number of hydrogen-bond acceptors (Lipinski definition) is 5. The summed E-state index contributed by atoms with van der Waals surface area (Å²) in [6.07, 6.45) is 5.04. The molecule has 3 rings (SSSR count). The highest BCUT2D eigenvalue weighted by Gasteiger charge is 2.26. The summed E-state index contributed by atoms with van der Waals surface area (Å²) >= 11 is 0. The van der Waals surface area contributed by atoms with Crippen molar-refractivity contribution in [3.63, 3.8) is 0 Å². The lowest BCUT2D eigenvalue weighted by Gasteiger charge is -2.31. The number of hydrogen-bond donors (Lipinski definition) is 1. The fourth-order valence-electron chi connectivity index (χ4n) is 3.29. The number of aryl methyl sites for hydroxylation is 1. The Hall–Kier alpha value is -2.15. The molecule has 0 radical (unpaired) electrons. The van der Waals surface area contributed by atoms with Crippen LogP contribution in [0.15, 0.2) is 16.8 Å². The van der Waals surface area contributed by atoms with E-state index in [2.05, 4.69) is 27.4 Å². The largest absolute Gasteiger partial charge is 0.351 e. The van der Waals surface area contributed by atoms with E-state index in [0.29, 0.717) is 18.2 Å². The molecule has 1 fully saturated rings. The van der Waals surface area contributed by atoms with Gasteiger partial charge in [0.15, 0.2) is 0 Å². The summed E-state index contributed by atoms with van der Waals surface area (Å²) in [7, 11) is 1.97. The predicted octanol–water partition coefficient (Wildman–Crippen LogP) is 2.24. The highest BCUT2D eigenvalue weighted by Crippen LogP contribution is 2.27. The van der Waals surface area contributed by atoms with E-state index in [-0.39, 0.29) is 5.91 Å². The van der Waals surface area contributed by atoms with Crippen molar-refractivity contribution in [3.05, 3.63) is 35.0 Å². The lowest BCUT2D eigenvalue weighted by molar-refractivity contribution is 0.0916. The first-order valence-electron chi connectivity index (χ1n) is 9.03. The van der Waals surface area contributed by atoms with Crippen molar-refractivity contribution in [2.45, 2.75) is 45.6 Å². The normalized spacial score (nSPS) is 18.4. The van der Waals surface area contributed by atoms with Crippen molar-refractivity contribution in [3.8, 4) is 0 Å². The summed E-state index contributed by atoms with van der Waals surface area (Å²) < 4.78 is 7.17. The fourth-order valence-corrected chi connectivity index (χ4v) is 3.29. The average molecular weight is 345 g/mol. The first-order valence-corrected chi connectivity index (χ1v) is 9.03. The van der Waals surface area contributed by atoms with Gasteiger partial charge in [0, 0.05) is 49.9 Å². The Morgan fingerprint density at radius 3 is 3.04 bits per heavy atom. The number of rotatable bonds is 6. The van der Waals surface area contributed by atoms with Crippen LogP contribution in [0.3, 0.4) is 0 Å². The molecule has 0 aliphatic carbocycles. The number of amides is 1. The maximum atomic E-state index is 12.0. The van der Waals surface area contributed by atoms with Gasteiger partial charge >= 0.3 is 0 Å². The average Bonchev–Trinajstić information content (AvgIpc) is 3.23. The summed E-state index contributed by atoms with van der Waals surface area (Å²) in [5, 5.41) is 11.3. The van der Waals surface area contributed by atoms with Crippen LogP contribution < -0.4 is 5.32 Å². The third-order valence-electron chi connectivity index (χ3n) is 4.94. The van der Waals surface area contributed by atoms with E-state index in [9.17, 15) is 4.79 Å². The van der Waals surface area contributed by atoms with Gasteiger partial charge in [-0.15, -0.1) is 0 Å². The zero-order chi connectivity index (χ0) is 17.8. The molecule has 2 aromatic rings. The fraction of sp³-hybridized carbons (Fsp3) is 0.611. The maximum Gasteiger partial charge on any atom is 0.289 e. The molecule has 1 N–H and O–H groups in total. The van der Waals surface area contributed by atoms with Crippen LogP contribution in [-0.2, 0) is 13.6 Å². The zero-order valence-electron chi connectivity index (χ0n) is 15.3. The minimum atomic E-state index is -0.181. The molecular weight excluding hydrogens is 318 g/mol.